The Morgan fingerprint density at radius 1 is 1.07 bits per heavy atom. The van der Waals surface area contributed by atoms with Crippen LogP contribution < -0.4 is 9.47 Å². The molecule has 0 bridgehead atoms. The predicted octanol–water partition coefficient (Wildman–Crippen LogP) is 5.20. The third kappa shape index (κ3) is 3.75. The number of hydrogen-bond donors (Lipinski definition) is 0. The van der Waals surface area contributed by atoms with Gasteiger partial charge in [-0.25, -0.2) is 0 Å². The topological polar surface area (TPSA) is 100 Å². The first kappa shape index (κ1) is 18.5. The van der Waals surface area contributed by atoms with Crippen molar-refractivity contribution in [2.45, 2.75) is 38.2 Å². The lowest BCUT2D eigenvalue weighted by Crippen LogP contribution is -2.21. The molecule has 1 aliphatic rings. The maximum atomic E-state index is 11.7. The van der Waals surface area contributed by atoms with E-state index in [9.17, 15) is 10.1 Å². The van der Waals surface area contributed by atoms with Gasteiger partial charge >= 0.3 is 17.4 Å². The normalized spacial score (nSPS) is 14.8. The molecule has 0 saturated heterocycles. The molecule has 0 spiro atoms. The lowest BCUT2D eigenvalue weighted by Gasteiger charge is -2.22. The summed E-state index contributed by atoms with van der Waals surface area (Å²) in [5.41, 5.74) is 0.194. The summed E-state index contributed by atoms with van der Waals surface area (Å²) in [6.45, 7) is 0. The van der Waals surface area contributed by atoms with Crippen molar-refractivity contribution in [3.05, 3.63) is 51.4 Å². The molecular formula is C19H17BrN4O4. The third-order valence-corrected chi connectivity index (χ3v) is 5.35. The van der Waals surface area contributed by atoms with Crippen LogP contribution in [-0.4, -0.2) is 26.0 Å². The number of benzene rings is 1. The number of nitrogens with zero attached hydrogens (tertiary/aromatic N) is 4. The molecule has 1 aliphatic carbocycles. The second-order valence-corrected chi connectivity index (χ2v) is 7.37. The Kier molecular flexibility index (Phi) is 5.34. The first-order valence-corrected chi connectivity index (χ1v) is 9.80. The van der Waals surface area contributed by atoms with E-state index in [0.717, 1.165) is 42.0 Å². The zero-order valence-electron chi connectivity index (χ0n) is 14.9. The largest absolute Gasteiger partial charge is 0.469 e. The quantitative estimate of drug-likeness (QED) is 0.393. The van der Waals surface area contributed by atoms with E-state index >= 15 is 0 Å². The van der Waals surface area contributed by atoms with Crippen LogP contribution in [0.4, 0.5) is 5.69 Å². The van der Waals surface area contributed by atoms with Crippen LogP contribution in [0.25, 0.3) is 10.9 Å². The Bertz CT molecular complexity index is 1020. The Morgan fingerprint density at radius 3 is 2.64 bits per heavy atom. The average molecular weight is 445 g/mol. The molecule has 4 rings (SSSR count). The van der Waals surface area contributed by atoms with E-state index in [2.05, 4.69) is 30.9 Å². The molecule has 28 heavy (non-hydrogen) atoms. The van der Waals surface area contributed by atoms with Crippen molar-refractivity contribution in [1.29, 1.82) is 0 Å². The molecule has 1 saturated carbocycles. The minimum atomic E-state index is -0.567. The van der Waals surface area contributed by atoms with Gasteiger partial charge in [-0.05, 0) is 43.9 Å². The maximum Gasteiger partial charge on any atom is 0.392 e. The summed E-state index contributed by atoms with van der Waals surface area (Å²) in [5, 5.41) is 12.6. The lowest BCUT2D eigenvalue weighted by molar-refractivity contribution is -0.387. The van der Waals surface area contributed by atoms with Crippen molar-refractivity contribution in [3.8, 4) is 17.5 Å². The van der Waals surface area contributed by atoms with Gasteiger partial charge in [-0.15, -0.1) is 0 Å². The van der Waals surface area contributed by atoms with Crippen molar-refractivity contribution in [2.24, 2.45) is 0 Å². The van der Waals surface area contributed by atoms with Gasteiger partial charge in [0.15, 0.2) is 5.75 Å². The molecule has 1 aromatic carbocycles. The molecule has 0 amide bonds. The summed E-state index contributed by atoms with van der Waals surface area (Å²) in [6.07, 6.45) is 7.74. The molecule has 0 N–H and O–H groups in total. The van der Waals surface area contributed by atoms with Gasteiger partial charge in [-0.2, -0.15) is 9.97 Å². The third-order valence-electron chi connectivity index (χ3n) is 4.65. The zero-order chi connectivity index (χ0) is 19.5. The van der Waals surface area contributed by atoms with E-state index in [1.54, 1.807) is 24.4 Å². The van der Waals surface area contributed by atoms with Crippen LogP contribution in [0.2, 0.25) is 0 Å². The highest BCUT2D eigenvalue weighted by Crippen LogP contribution is 2.39. The van der Waals surface area contributed by atoms with Gasteiger partial charge in [0.2, 0.25) is 0 Å². The molecule has 0 atom stereocenters. The van der Waals surface area contributed by atoms with Crippen LogP contribution in [0.1, 0.15) is 32.1 Å². The van der Waals surface area contributed by atoms with Crippen LogP contribution in [-0.2, 0) is 0 Å². The van der Waals surface area contributed by atoms with Crippen molar-refractivity contribution in [2.75, 3.05) is 0 Å². The standard InChI is InChI=1S/C19H17BrN4O4/c20-14-8-9-15(16-13(14)7-4-10-21-16)28-19-17(24(25)26)18(22-11-23-19)27-12-5-2-1-3-6-12/h4,7-12H,1-3,5-6H2. The SMILES string of the molecule is O=[N+]([O-])c1c(Oc2ccc(Br)c3cccnc23)ncnc1OC1CCCCC1. The Balaban J connectivity index is 1.71. The van der Waals surface area contributed by atoms with E-state index in [-0.39, 0.29) is 23.6 Å². The number of ether oxygens (including phenoxy) is 2. The van der Waals surface area contributed by atoms with Crippen LogP contribution in [0, 0.1) is 10.1 Å². The maximum absolute atomic E-state index is 11.7. The van der Waals surface area contributed by atoms with Crippen LogP contribution in [0.3, 0.4) is 0 Å². The summed E-state index contributed by atoms with van der Waals surface area (Å²) in [4.78, 5) is 23.5. The number of aromatic nitrogens is 3. The van der Waals surface area contributed by atoms with Crippen molar-refractivity contribution < 1.29 is 14.4 Å². The van der Waals surface area contributed by atoms with Gasteiger partial charge in [0, 0.05) is 16.1 Å². The van der Waals surface area contributed by atoms with Crippen LogP contribution >= 0.6 is 15.9 Å². The van der Waals surface area contributed by atoms with Crippen LogP contribution in [0.15, 0.2) is 41.3 Å². The van der Waals surface area contributed by atoms with E-state index in [1.165, 1.54) is 6.33 Å². The Hall–Kier alpha value is -2.81. The molecule has 8 nitrogen and oxygen atoms in total. The minimum absolute atomic E-state index is 0.0590. The molecule has 0 aliphatic heterocycles. The monoisotopic (exact) mass is 444 g/mol. The van der Waals surface area contributed by atoms with Crippen molar-refractivity contribution >= 4 is 32.5 Å². The molecule has 1 fully saturated rings. The smallest absolute Gasteiger partial charge is 0.392 e. The van der Waals surface area contributed by atoms with E-state index < -0.39 is 4.92 Å². The average Bonchev–Trinajstić information content (AvgIpc) is 2.71. The van der Waals surface area contributed by atoms with Crippen molar-refractivity contribution in [1.82, 2.24) is 15.0 Å². The predicted molar refractivity (Wildman–Crippen MR) is 106 cm³/mol. The second-order valence-electron chi connectivity index (χ2n) is 6.51. The first-order chi connectivity index (χ1) is 13.6. The summed E-state index contributed by atoms with van der Waals surface area (Å²) >= 11 is 3.47. The summed E-state index contributed by atoms with van der Waals surface area (Å²) in [7, 11) is 0. The summed E-state index contributed by atoms with van der Waals surface area (Å²) < 4.78 is 12.5. The molecule has 3 aromatic rings. The van der Waals surface area contributed by atoms with Gasteiger partial charge in [-0.1, -0.05) is 28.4 Å². The molecular weight excluding hydrogens is 428 g/mol. The van der Waals surface area contributed by atoms with Gasteiger partial charge in [0.05, 0.1) is 4.92 Å². The highest BCUT2D eigenvalue weighted by Gasteiger charge is 2.29. The highest BCUT2D eigenvalue weighted by atomic mass is 79.9. The number of rotatable bonds is 5. The number of nitro groups is 1. The number of pyridine rings is 1. The summed E-state index contributed by atoms with van der Waals surface area (Å²) in [6, 6.07) is 7.17. The number of halogens is 1. The molecule has 2 aromatic heterocycles. The van der Waals surface area contributed by atoms with Gasteiger partial charge in [0.25, 0.3) is 0 Å². The minimum Gasteiger partial charge on any atom is -0.469 e. The molecule has 2 heterocycles. The van der Waals surface area contributed by atoms with Gasteiger partial charge in [0.1, 0.15) is 17.9 Å². The molecule has 144 valence electrons. The van der Waals surface area contributed by atoms with Gasteiger partial charge in [-0.3, -0.25) is 15.1 Å². The number of fused-ring (bicyclic) bond motifs is 1. The highest BCUT2D eigenvalue weighted by molar-refractivity contribution is 9.10. The fourth-order valence-electron chi connectivity index (χ4n) is 3.30. The summed E-state index contributed by atoms with van der Waals surface area (Å²) in [5.74, 6) is 0.139. The van der Waals surface area contributed by atoms with E-state index in [0.29, 0.717) is 11.3 Å². The molecule has 0 unspecified atom stereocenters. The van der Waals surface area contributed by atoms with E-state index in [4.69, 9.17) is 9.47 Å². The molecule has 0 radical (unpaired) electrons. The fraction of sp³-hybridized carbons (Fsp3) is 0.316. The second kappa shape index (κ2) is 8.05. The Morgan fingerprint density at radius 2 is 1.86 bits per heavy atom. The first-order valence-electron chi connectivity index (χ1n) is 9.00. The number of hydrogen-bond acceptors (Lipinski definition) is 7. The lowest BCUT2D eigenvalue weighted by atomic mass is 9.98. The Labute approximate surface area is 169 Å². The molecule has 9 heteroatoms. The fourth-order valence-corrected chi connectivity index (χ4v) is 3.76. The van der Waals surface area contributed by atoms with Crippen LogP contribution in [0.5, 0.6) is 17.5 Å². The van der Waals surface area contributed by atoms with Crippen molar-refractivity contribution in [3.63, 3.8) is 0 Å². The van der Waals surface area contributed by atoms with Gasteiger partial charge < -0.3 is 9.47 Å². The zero-order valence-corrected chi connectivity index (χ0v) is 16.5. The van der Waals surface area contributed by atoms with E-state index in [1.807, 2.05) is 6.07 Å².